The van der Waals surface area contributed by atoms with Crippen LogP contribution in [0.1, 0.15) is 22.3 Å². The van der Waals surface area contributed by atoms with Crippen molar-refractivity contribution in [1.82, 2.24) is 4.31 Å². The number of rotatable bonds is 5. The minimum atomic E-state index is -3.51. The van der Waals surface area contributed by atoms with Crippen LogP contribution >= 0.6 is 0 Å². The molecule has 2 heterocycles. The molecular formula is C20H23NO4S. The molecule has 2 aliphatic heterocycles. The maximum Gasteiger partial charge on any atom is 0.243 e. The zero-order chi connectivity index (χ0) is 18.3. The third kappa shape index (κ3) is 2.87. The van der Waals surface area contributed by atoms with E-state index >= 15 is 0 Å². The Hall–Kier alpha value is -2.05. The van der Waals surface area contributed by atoms with Crippen LogP contribution in [-0.2, 0) is 29.3 Å². The molecule has 0 atom stereocenters. The molecule has 0 aromatic heterocycles. The number of hydrogen-bond donors (Lipinski definition) is 0. The molecule has 0 saturated heterocycles. The van der Waals surface area contributed by atoms with E-state index in [0.29, 0.717) is 31.1 Å². The van der Waals surface area contributed by atoms with Crippen molar-refractivity contribution >= 4 is 10.0 Å². The second-order valence-electron chi connectivity index (χ2n) is 6.86. The van der Waals surface area contributed by atoms with Gasteiger partial charge in [0.15, 0.2) is 0 Å². The maximum absolute atomic E-state index is 12.9. The fraction of sp³-hybridized carbons (Fsp3) is 0.400. The van der Waals surface area contributed by atoms with Crippen LogP contribution in [-0.4, -0.2) is 39.5 Å². The van der Waals surface area contributed by atoms with Gasteiger partial charge in [0, 0.05) is 43.1 Å². The number of ether oxygens (including phenoxy) is 2. The summed E-state index contributed by atoms with van der Waals surface area (Å²) in [5.74, 6) is 1.88. The summed E-state index contributed by atoms with van der Waals surface area (Å²) in [6.45, 7) is 3.59. The molecule has 0 saturated carbocycles. The molecule has 0 bridgehead atoms. The lowest BCUT2D eigenvalue weighted by atomic mass is 9.97. The molecule has 2 aromatic carbocycles. The Kier molecular flexibility index (Phi) is 4.40. The van der Waals surface area contributed by atoms with Crippen molar-refractivity contribution in [3.63, 3.8) is 0 Å². The second-order valence-corrected chi connectivity index (χ2v) is 8.87. The maximum atomic E-state index is 12.9. The summed E-state index contributed by atoms with van der Waals surface area (Å²) >= 11 is 0. The highest BCUT2D eigenvalue weighted by molar-refractivity contribution is 7.89. The molecule has 0 N–H and O–H groups in total. The molecule has 6 heteroatoms. The molecular weight excluding hydrogens is 350 g/mol. The van der Waals surface area contributed by atoms with E-state index in [1.54, 1.807) is 19.2 Å². The number of likely N-dealkylation sites (N-methyl/N-ethyl adjacent to an activating group) is 1. The van der Waals surface area contributed by atoms with Crippen LogP contribution in [0.25, 0.3) is 0 Å². The molecule has 5 nitrogen and oxygen atoms in total. The van der Waals surface area contributed by atoms with E-state index < -0.39 is 10.0 Å². The zero-order valence-corrected chi connectivity index (χ0v) is 15.9. The molecule has 0 radical (unpaired) electrons. The zero-order valence-electron chi connectivity index (χ0n) is 15.1. The number of nitrogens with zero attached hydrogens (tertiary/aromatic N) is 1. The van der Waals surface area contributed by atoms with Gasteiger partial charge in [-0.3, -0.25) is 0 Å². The average Bonchev–Trinajstić information content (AvgIpc) is 3.27. The number of fused-ring (bicyclic) bond motifs is 2. The van der Waals surface area contributed by atoms with Crippen molar-refractivity contribution in [1.29, 1.82) is 0 Å². The van der Waals surface area contributed by atoms with Crippen molar-refractivity contribution in [2.75, 3.05) is 26.8 Å². The quantitative estimate of drug-likeness (QED) is 0.809. The summed E-state index contributed by atoms with van der Waals surface area (Å²) in [6, 6.07) is 9.18. The monoisotopic (exact) mass is 373 g/mol. The van der Waals surface area contributed by atoms with Gasteiger partial charge in [-0.1, -0.05) is 18.2 Å². The lowest BCUT2D eigenvalue weighted by Crippen LogP contribution is -2.29. The Morgan fingerprint density at radius 2 is 1.88 bits per heavy atom. The van der Waals surface area contributed by atoms with E-state index in [-0.39, 0.29) is 0 Å². The standard InChI is InChI=1S/C20H23NO4S/c1-14-5-3-4-6-19(14)26(22,23)21(2)10-7-17-16-9-12-24-18(16)13-15-8-11-25-20(15)17/h3-6,13H,7-12H2,1-2H3. The van der Waals surface area contributed by atoms with Crippen LogP contribution in [0.3, 0.4) is 0 Å². The number of sulfonamides is 1. The van der Waals surface area contributed by atoms with Gasteiger partial charge >= 0.3 is 0 Å². The molecule has 2 aliphatic rings. The molecule has 0 aliphatic carbocycles. The molecule has 0 fully saturated rings. The lowest BCUT2D eigenvalue weighted by molar-refractivity contribution is 0.351. The van der Waals surface area contributed by atoms with Crippen LogP contribution in [0.2, 0.25) is 0 Å². The highest BCUT2D eigenvalue weighted by atomic mass is 32.2. The molecule has 4 rings (SSSR count). The first-order valence-electron chi connectivity index (χ1n) is 8.93. The average molecular weight is 373 g/mol. The second kappa shape index (κ2) is 6.59. The number of benzene rings is 2. The van der Waals surface area contributed by atoms with Crippen molar-refractivity contribution in [2.45, 2.75) is 31.1 Å². The summed E-state index contributed by atoms with van der Waals surface area (Å²) in [7, 11) is -1.87. The fourth-order valence-corrected chi connectivity index (χ4v) is 5.15. The van der Waals surface area contributed by atoms with E-state index in [2.05, 4.69) is 6.07 Å². The van der Waals surface area contributed by atoms with Crippen molar-refractivity contribution in [3.05, 3.63) is 52.6 Å². The first-order valence-corrected chi connectivity index (χ1v) is 10.4. The van der Waals surface area contributed by atoms with Crippen LogP contribution in [0.5, 0.6) is 11.5 Å². The summed E-state index contributed by atoms with van der Waals surface area (Å²) < 4.78 is 38.8. The van der Waals surface area contributed by atoms with Gasteiger partial charge in [-0.15, -0.1) is 0 Å². The predicted molar refractivity (Wildman–Crippen MR) is 99.5 cm³/mol. The van der Waals surface area contributed by atoms with Crippen molar-refractivity contribution in [2.24, 2.45) is 0 Å². The minimum Gasteiger partial charge on any atom is -0.493 e. The summed E-state index contributed by atoms with van der Waals surface area (Å²) in [6.07, 6.45) is 2.36. The van der Waals surface area contributed by atoms with Gasteiger partial charge in [0.2, 0.25) is 10.0 Å². The molecule has 0 spiro atoms. The topological polar surface area (TPSA) is 55.8 Å². The van der Waals surface area contributed by atoms with E-state index in [1.807, 2.05) is 19.1 Å². The van der Waals surface area contributed by atoms with Gasteiger partial charge in [0.05, 0.1) is 18.1 Å². The Morgan fingerprint density at radius 3 is 2.69 bits per heavy atom. The fourth-order valence-electron chi connectivity index (χ4n) is 3.75. The summed E-state index contributed by atoms with van der Waals surface area (Å²) in [4.78, 5) is 0.366. The number of hydrogen-bond acceptors (Lipinski definition) is 4. The van der Waals surface area contributed by atoms with Crippen LogP contribution in [0.15, 0.2) is 35.2 Å². The van der Waals surface area contributed by atoms with E-state index in [0.717, 1.165) is 35.5 Å². The van der Waals surface area contributed by atoms with Gasteiger partial charge in [-0.2, -0.15) is 0 Å². The SMILES string of the molecule is Cc1ccccc1S(=O)(=O)N(C)CCc1c2c(cc3c1OCC3)OCC2. The molecule has 26 heavy (non-hydrogen) atoms. The van der Waals surface area contributed by atoms with E-state index in [9.17, 15) is 8.42 Å². The van der Waals surface area contributed by atoms with E-state index in [1.165, 1.54) is 15.4 Å². The Balaban J connectivity index is 1.60. The summed E-state index contributed by atoms with van der Waals surface area (Å²) in [5.41, 5.74) is 4.22. The van der Waals surface area contributed by atoms with Crippen LogP contribution in [0, 0.1) is 6.92 Å². The highest BCUT2D eigenvalue weighted by Crippen LogP contribution is 2.40. The third-order valence-electron chi connectivity index (χ3n) is 5.22. The van der Waals surface area contributed by atoms with Gasteiger partial charge in [-0.05, 0) is 31.0 Å². The minimum absolute atomic E-state index is 0.366. The Labute approximate surface area is 154 Å². The van der Waals surface area contributed by atoms with Gasteiger partial charge in [0.25, 0.3) is 0 Å². The third-order valence-corrected chi connectivity index (χ3v) is 7.24. The van der Waals surface area contributed by atoms with Gasteiger partial charge in [0.1, 0.15) is 11.5 Å². The van der Waals surface area contributed by atoms with Crippen LogP contribution < -0.4 is 9.47 Å². The largest absolute Gasteiger partial charge is 0.493 e. The Morgan fingerprint density at radius 1 is 1.12 bits per heavy atom. The number of aryl methyl sites for hydroxylation is 1. The normalized spacial score (nSPS) is 15.5. The first kappa shape index (κ1) is 17.4. The van der Waals surface area contributed by atoms with Crippen LogP contribution in [0.4, 0.5) is 0 Å². The van der Waals surface area contributed by atoms with Gasteiger partial charge < -0.3 is 9.47 Å². The molecule has 0 amide bonds. The highest BCUT2D eigenvalue weighted by Gasteiger charge is 2.28. The molecule has 2 aromatic rings. The summed E-state index contributed by atoms with van der Waals surface area (Å²) in [5, 5.41) is 0. The van der Waals surface area contributed by atoms with E-state index in [4.69, 9.17) is 9.47 Å². The predicted octanol–water partition coefficient (Wildman–Crippen LogP) is 2.73. The smallest absolute Gasteiger partial charge is 0.243 e. The van der Waals surface area contributed by atoms with Crippen molar-refractivity contribution < 1.29 is 17.9 Å². The molecule has 0 unspecified atom stereocenters. The lowest BCUT2D eigenvalue weighted by Gasteiger charge is -2.20. The van der Waals surface area contributed by atoms with Crippen molar-refractivity contribution in [3.8, 4) is 11.5 Å². The first-order chi connectivity index (χ1) is 12.5. The Bertz CT molecular complexity index is 920. The van der Waals surface area contributed by atoms with Gasteiger partial charge in [-0.25, -0.2) is 12.7 Å². The molecule has 138 valence electrons.